The molecule has 5 heteroatoms. The van der Waals surface area contributed by atoms with Gasteiger partial charge in [0, 0.05) is 13.1 Å². The van der Waals surface area contributed by atoms with Crippen LogP contribution in [-0.2, 0) is 6.54 Å². The number of carbonyl (C=O) groups is 1. The maximum atomic E-state index is 12.8. The molecule has 0 aliphatic heterocycles. The maximum Gasteiger partial charge on any atom is 0.315 e. The van der Waals surface area contributed by atoms with Gasteiger partial charge in [-0.15, -0.1) is 0 Å². The van der Waals surface area contributed by atoms with Gasteiger partial charge in [0.15, 0.2) is 0 Å². The largest absolute Gasteiger partial charge is 0.457 e. The van der Waals surface area contributed by atoms with Gasteiger partial charge in [-0.25, -0.2) is 9.18 Å². The number of carbonyl (C=O) groups excluding carboxylic acids is 1. The van der Waals surface area contributed by atoms with Crippen molar-refractivity contribution < 1.29 is 13.9 Å². The van der Waals surface area contributed by atoms with Gasteiger partial charge in [-0.1, -0.05) is 12.1 Å². The lowest BCUT2D eigenvalue weighted by atomic mass is 10.2. The second kappa shape index (κ2) is 7.28. The SMILES string of the molecule is CCNC(=O)NCc1cccc(Oc2ccc(F)cc2)c1. The third-order valence-electron chi connectivity index (χ3n) is 2.74. The van der Waals surface area contributed by atoms with Crippen molar-refractivity contribution >= 4 is 6.03 Å². The van der Waals surface area contributed by atoms with Crippen LogP contribution in [0, 0.1) is 5.82 Å². The molecule has 2 rings (SSSR count). The fourth-order valence-corrected chi connectivity index (χ4v) is 1.76. The molecule has 2 aromatic carbocycles. The van der Waals surface area contributed by atoms with Gasteiger partial charge in [-0.05, 0) is 48.9 Å². The molecule has 0 radical (unpaired) electrons. The molecule has 2 amide bonds. The van der Waals surface area contributed by atoms with E-state index in [2.05, 4.69) is 10.6 Å². The van der Waals surface area contributed by atoms with E-state index in [1.54, 1.807) is 18.2 Å². The molecule has 0 spiro atoms. The Morgan fingerprint density at radius 2 is 1.86 bits per heavy atom. The Kier molecular flexibility index (Phi) is 5.15. The number of nitrogens with one attached hydrogen (secondary N) is 2. The number of hydrogen-bond donors (Lipinski definition) is 2. The molecule has 2 N–H and O–H groups in total. The monoisotopic (exact) mass is 288 g/mol. The van der Waals surface area contributed by atoms with Crippen molar-refractivity contribution in [1.29, 1.82) is 0 Å². The van der Waals surface area contributed by atoms with E-state index in [1.165, 1.54) is 12.1 Å². The molecule has 0 aliphatic rings. The van der Waals surface area contributed by atoms with E-state index in [1.807, 2.05) is 25.1 Å². The number of ether oxygens (including phenoxy) is 1. The zero-order chi connectivity index (χ0) is 15.1. The number of halogens is 1. The second-order valence-corrected chi connectivity index (χ2v) is 4.42. The minimum Gasteiger partial charge on any atom is -0.457 e. The van der Waals surface area contributed by atoms with Crippen molar-refractivity contribution in [2.45, 2.75) is 13.5 Å². The molecule has 0 fully saturated rings. The van der Waals surface area contributed by atoms with Gasteiger partial charge in [0.2, 0.25) is 0 Å². The molecule has 110 valence electrons. The Bertz CT molecular complexity index is 599. The fourth-order valence-electron chi connectivity index (χ4n) is 1.76. The Labute approximate surface area is 122 Å². The quantitative estimate of drug-likeness (QED) is 0.885. The topological polar surface area (TPSA) is 50.4 Å². The first-order chi connectivity index (χ1) is 10.2. The summed E-state index contributed by atoms with van der Waals surface area (Å²) >= 11 is 0. The molecule has 4 nitrogen and oxygen atoms in total. The Morgan fingerprint density at radius 3 is 2.57 bits per heavy atom. The Balaban J connectivity index is 1.97. The molecule has 0 aliphatic carbocycles. The minimum atomic E-state index is -0.303. The van der Waals surface area contributed by atoms with Gasteiger partial charge in [0.05, 0.1) is 0 Å². The van der Waals surface area contributed by atoms with Crippen molar-refractivity contribution in [3.8, 4) is 11.5 Å². The second-order valence-electron chi connectivity index (χ2n) is 4.42. The average Bonchev–Trinajstić information content (AvgIpc) is 2.48. The third-order valence-corrected chi connectivity index (χ3v) is 2.74. The molecular weight excluding hydrogens is 271 g/mol. The lowest BCUT2D eigenvalue weighted by molar-refractivity contribution is 0.241. The summed E-state index contributed by atoms with van der Waals surface area (Å²) in [5.74, 6) is 0.893. The van der Waals surface area contributed by atoms with Crippen molar-refractivity contribution in [2.75, 3.05) is 6.54 Å². The Hall–Kier alpha value is -2.56. The molecule has 0 saturated heterocycles. The molecule has 2 aromatic rings. The summed E-state index contributed by atoms with van der Waals surface area (Å²) in [5, 5.41) is 5.40. The van der Waals surface area contributed by atoms with Crippen LogP contribution in [0.1, 0.15) is 12.5 Å². The van der Waals surface area contributed by atoms with Crippen molar-refractivity contribution in [2.24, 2.45) is 0 Å². The van der Waals surface area contributed by atoms with Crippen LogP contribution in [0.2, 0.25) is 0 Å². The summed E-state index contributed by atoms with van der Waals surface area (Å²) in [7, 11) is 0. The van der Waals surface area contributed by atoms with Crippen LogP contribution >= 0.6 is 0 Å². The summed E-state index contributed by atoms with van der Waals surface area (Å²) in [6, 6.07) is 13.0. The van der Waals surface area contributed by atoms with Crippen LogP contribution in [0.4, 0.5) is 9.18 Å². The average molecular weight is 288 g/mol. The van der Waals surface area contributed by atoms with Crippen LogP contribution in [-0.4, -0.2) is 12.6 Å². The van der Waals surface area contributed by atoms with Crippen molar-refractivity contribution in [3.05, 3.63) is 59.9 Å². The van der Waals surface area contributed by atoms with Crippen molar-refractivity contribution in [3.63, 3.8) is 0 Å². The van der Waals surface area contributed by atoms with Crippen LogP contribution in [0.3, 0.4) is 0 Å². The highest BCUT2D eigenvalue weighted by Gasteiger charge is 2.02. The number of benzene rings is 2. The third kappa shape index (κ3) is 4.80. The zero-order valence-corrected chi connectivity index (χ0v) is 11.7. The van der Waals surface area contributed by atoms with Gasteiger partial charge < -0.3 is 15.4 Å². The fraction of sp³-hybridized carbons (Fsp3) is 0.188. The van der Waals surface area contributed by atoms with Gasteiger partial charge >= 0.3 is 6.03 Å². The van der Waals surface area contributed by atoms with Gasteiger partial charge in [0.1, 0.15) is 17.3 Å². The van der Waals surface area contributed by atoms with Gasteiger partial charge in [-0.2, -0.15) is 0 Å². The van der Waals surface area contributed by atoms with E-state index in [0.29, 0.717) is 24.6 Å². The summed E-state index contributed by atoms with van der Waals surface area (Å²) in [6.07, 6.45) is 0. The first-order valence-corrected chi connectivity index (χ1v) is 6.71. The lowest BCUT2D eigenvalue weighted by Gasteiger charge is -2.09. The predicted octanol–water partition coefficient (Wildman–Crippen LogP) is 3.44. The van der Waals surface area contributed by atoms with Crippen LogP contribution < -0.4 is 15.4 Å². The van der Waals surface area contributed by atoms with E-state index in [-0.39, 0.29) is 11.8 Å². The zero-order valence-electron chi connectivity index (χ0n) is 11.7. The van der Waals surface area contributed by atoms with Crippen LogP contribution in [0.5, 0.6) is 11.5 Å². The summed E-state index contributed by atoms with van der Waals surface area (Å²) in [5.41, 5.74) is 0.917. The normalized spacial score (nSPS) is 10.0. The molecule has 21 heavy (non-hydrogen) atoms. The molecule has 0 bridgehead atoms. The van der Waals surface area contributed by atoms with E-state index in [9.17, 15) is 9.18 Å². The van der Waals surface area contributed by atoms with E-state index < -0.39 is 0 Å². The number of rotatable bonds is 5. The van der Waals surface area contributed by atoms with E-state index >= 15 is 0 Å². The first kappa shape index (κ1) is 14.8. The molecule has 0 aromatic heterocycles. The first-order valence-electron chi connectivity index (χ1n) is 6.71. The highest BCUT2D eigenvalue weighted by molar-refractivity contribution is 5.73. The number of hydrogen-bond acceptors (Lipinski definition) is 2. The van der Waals surface area contributed by atoms with Gasteiger partial charge in [0.25, 0.3) is 0 Å². The number of urea groups is 1. The number of amides is 2. The highest BCUT2D eigenvalue weighted by Crippen LogP contribution is 2.22. The van der Waals surface area contributed by atoms with E-state index in [4.69, 9.17) is 4.74 Å². The minimum absolute atomic E-state index is 0.206. The molecular formula is C16H17FN2O2. The van der Waals surface area contributed by atoms with Crippen LogP contribution in [0.15, 0.2) is 48.5 Å². The van der Waals surface area contributed by atoms with Gasteiger partial charge in [-0.3, -0.25) is 0 Å². The highest BCUT2D eigenvalue weighted by atomic mass is 19.1. The molecule has 0 unspecified atom stereocenters. The summed E-state index contributed by atoms with van der Waals surface area (Å²) < 4.78 is 18.5. The predicted molar refractivity (Wildman–Crippen MR) is 78.8 cm³/mol. The lowest BCUT2D eigenvalue weighted by Crippen LogP contribution is -2.34. The smallest absolute Gasteiger partial charge is 0.315 e. The summed E-state index contributed by atoms with van der Waals surface area (Å²) in [4.78, 5) is 11.3. The maximum absolute atomic E-state index is 12.8. The molecule has 0 saturated carbocycles. The van der Waals surface area contributed by atoms with E-state index in [0.717, 1.165) is 5.56 Å². The summed E-state index contributed by atoms with van der Waals surface area (Å²) in [6.45, 7) is 2.85. The molecule has 0 atom stereocenters. The standard InChI is InChI=1S/C16H17FN2O2/c1-2-18-16(20)19-11-12-4-3-5-15(10-12)21-14-8-6-13(17)7-9-14/h3-10H,2,11H2,1H3,(H2,18,19,20). The van der Waals surface area contributed by atoms with Crippen molar-refractivity contribution in [1.82, 2.24) is 10.6 Å². The molecule has 0 heterocycles. The Morgan fingerprint density at radius 1 is 1.10 bits per heavy atom. The van der Waals surface area contributed by atoms with Crippen LogP contribution in [0.25, 0.3) is 0 Å².